The molecule has 0 spiro atoms. The monoisotopic (exact) mass is 497 g/mol. The van der Waals surface area contributed by atoms with Gasteiger partial charge in [0.25, 0.3) is 0 Å². The van der Waals surface area contributed by atoms with Gasteiger partial charge in [-0.25, -0.2) is 0 Å². The molecular formula is C20H20INO6. The molecule has 0 amide bonds. The van der Waals surface area contributed by atoms with Crippen LogP contribution in [0.3, 0.4) is 0 Å². The molecule has 0 radical (unpaired) electrons. The maximum atomic E-state index is 11.0. The number of halogens is 1. The highest BCUT2D eigenvalue weighted by atomic mass is 127. The maximum Gasteiger partial charge on any atom is 0.222 e. The summed E-state index contributed by atoms with van der Waals surface area (Å²) in [5.74, 6) is -2.35. The van der Waals surface area contributed by atoms with Gasteiger partial charge >= 0.3 is 0 Å². The van der Waals surface area contributed by atoms with E-state index in [0.29, 0.717) is 17.5 Å². The van der Waals surface area contributed by atoms with Crippen molar-refractivity contribution in [2.45, 2.75) is 36.6 Å². The number of nitriles is 1. The van der Waals surface area contributed by atoms with Crippen LogP contribution in [0.5, 0.6) is 0 Å². The Hall–Kier alpha value is -1.58. The quantitative estimate of drug-likeness (QED) is 0.386. The Balaban J connectivity index is 2.00. The summed E-state index contributed by atoms with van der Waals surface area (Å²) in [4.78, 5) is 0. The fraction of sp³-hybridized carbons (Fsp3) is 0.350. The summed E-state index contributed by atoms with van der Waals surface area (Å²) in [7, 11) is 0. The van der Waals surface area contributed by atoms with Gasteiger partial charge in [0.05, 0.1) is 18.2 Å². The van der Waals surface area contributed by atoms with Crippen molar-refractivity contribution in [2.24, 2.45) is 0 Å². The van der Waals surface area contributed by atoms with E-state index in [0.717, 1.165) is 9.13 Å². The number of hydrogen-bond donors (Lipinski definition) is 5. The van der Waals surface area contributed by atoms with E-state index in [1.165, 1.54) is 18.2 Å². The van der Waals surface area contributed by atoms with Crippen LogP contribution in [0.2, 0.25) is 0 Å². The van der Waals surface area contributed by atoms with Crippen LogP contribution in [0, 0.1) is 14.9 Å². The second-order valence-electron chi connectivity index (χ2n) is 6.75. The first kappa shape index (κ1) is 21.1. The lowest BCUT2D eigenvalue weighted by Crippen LogP contribution is -2.63. The molecule has 1 aliphatic rings. The van der Waals surface area contributed by atoms with Crippen molar-refractivity contribution in [1.29, 1.82) is 5.26 Å². The number of benzene rings is 2. The smallest absolute Gasteiger partial charge is 0.222 e. The lowest BCUT2D eigenvalue weighted by atomic mass is 9.86. The Morgan fingerprint density at radius 2 is 1.75 bits per heavy atom. The number of aliphatic hydroxyl groups is 5. The van der Waals surface area contributed by atoms with Gasteiger partial charge in [-0.15, -0.1) is 0 Å². The van der Waals surface area contributed by atoms with Crippen LogP contribution in [0.25, 0.3) is 0 Å². The van der Waals surface area contributed by atoms with E-state index >= 15 is 0 Å². The van der Waals surface area contributed by atoms with Crippen LogP contribution in [0.1, 0.15) is 22.3 Å². The summed E-state index contributed by atoms with van der Waals surface area (Å²) in [5.41, 5.74) is 2.07. The molecule has 1 fully saturated rings. The van der Waals surface area contributed by atoms with Gasteiger partial charge in [0.15, 0.2) is 0 Å². The summed E-state index contributed by atoms with van der Waals surface area (Å²) >= 11 is 2.19. The molecule has 5 N–H and O–H groups in total. The Labute approximate surface area is 175 Å². The zero-order valence-corrected chi connectivity index (χ0v) is 16.9. The fourth-order valence-electron chi connectivity index (χ4n) is 3.29. The third-order valence-electron chi connectivity index (χ3n) is 4.91. The van der Waals surface area contributed by atoms with Gasteiger partial charge in [-0.05, 0) is 64.4 Å². The van der Waals surface area contributed by atoms with Gasteiger partial charge in [-0.1, -0.05) is 18.2 Å². The summed E-state index contributed by atoms with van der Waals surface area (Å²) in [5, 5.41) is 60.0. The molecule has 28 heavy (non-hydrogen) atoms. The summed E-state index contributed by atoms with van der Waals surface area (Å²) in [6.07, 6.45) is -5.98. The largest absolute Gasteiger partial charge is 0.394 e. The van der Waals surface area contributed by atoms with Crippen LogP contribution in [0.15, 0.2) is 42.5 Å². The molecular weight excluding hydrogens is 477 g/mol. The normalized spacial score (nSPS) is 30.0. The molecule has 0 aromatic heterocycles. The average Bonchev–Trinajstić information content (AvgIpc) is 2.71. The standard InChI is InChI=1S/C20H20INO6/c21-15-5-1-11(2-6-15)7-13-8-14(4-3-12(13)9-22)20(27)19(26)18(25)17(24)16(10-23)28-20/h1-6,8,16-19,23-27H,7,10H2/t16-,17-,18+,19-,20-/m1/s1. The van der Waals surface area contributed by atoms with E-state index in [2.05, 4.69) is 28.7 Å². The van der Waals surface area contributed by atoms with Crippen molar-refractivity contribution in [3.8, 4) is 6.07 Å². The molecule has 1 aliphatic heterocycles. The van der Waals surface area contributed by atoms with Gasteiger partial charge in [0.1, 0.15) is 24.4 Å². The number of aliphatic hydroxyl groups excluding tert-OH is 4. The van der Waals surface area contributed by atoms with E-state index in [1.807, 2.05) is 24.3 Å². The maximum absolute atomic E-state index is 11.0. The van der Waals surface area contributed by atoms with Crippen LogP contribution in [-0.2, 0) is 16.9 Å². The number of hydrogen-bond acceptors (Lipinski definition) is 7. The third-order valence-corrected chi connectivity index (χ3v) is 5.63. The predicted octanol–water partition coefficient (Wildman–Crippen LogP) is 0.373. The highest BCUT2D eigenvalue weighted by Gasteiger charge is 2.53. The Morgan fingerprint density at radius 3 is 2.36 bits per heavy atom. The first-order chi connectivity index (χ1) is 13.3. The molecule has 3 rings (SSSR count). The van der Waals surface area contributed by atoms with Gasteiger partial charge in [-0.2, -0.15) is 5.26 Å². The zero-order valence-electron chi connectivity index (χ0n) is 14.7. The van der Waals surface area contributed by atoms with Gasteiger partial charge in [-0.3, -0.25) is 0 Å². The summed E-state index contributed by atoms with van der Waals surface area (Å²) < 4.78 is 6.44. The molecule has 8 heteroatoms. The van der Waals surface area contributed by atoms with Crippen molar-refractivity contribution in [1.82, 2.24) is 0 Å². The Kier molecular flexibility index (Phi) is 6.36. The fourth-order valence-corrected chi connectivity index (χ4v) is 3.65. The molecule has 148 valence electrons. The van der Waals surface area contributed by atoms with E-state index < -0.39 is 36.8 Å². The Morgan fingerprint density at radius 1 is 1.07 bits per heavy atom. The predicted molar refractivity (Wildman–Crippen MR) is 107 cm³/mol. The minimum absolute atomic E-state index is 0.115. The number of nitrogens with zero attached hydrogens (tertiary/aromatic N) is 1. The molecule has 2 aromatic rings. The van der Waals surface area contributed by atoms with Crippen LogP contribution < -0.4 is 0 Å². The number of ether oxygens (including phenoxy) is 1. The minimum atomic E-state index is -2.35. The molecule has 0 aliphatic carbocycles. The molecule has 1 saturated heterocycles. The van der Waals surface area contributed by atoms with E-state index in [-0.39, 0.29) is 5.56 Å². The summed E-state index contributed by atoms with van der Waals surface area (Å²) in [6.45, 7) is -0.654. The first-order valence-corrected chi connectivity index (χ1v) is 9.71. The zero-order chi connectivity index (χ0) is 20.5. The molecule has 0 bridgehead atoms. The molecule has 1 heterocycles. The van der Waals surface area contributed by atoms with Crippen LogP contribution in [0.4, 0.5) is 0 Å². The van der Waals surface area contributed by atoms with Crippen molar-refractivity contribution in [3.05, 3.63) is 68.3 Å². The topological polar surface area (TPSA) is 134 Å². The molecule has 0 saturated carbocycles. The SMILES string of the molecule is N#Cc1ccc([C@@]2(O)O[C@H](CO)[C@@H](O)[C@H](O)[C@H]2O)cc1Cc1ccc(I)cc1. The van der Waals surface area contributed by atoms with Crippen molar-refractivity contribution in [2.75, 3.05) is 6.61 Å². The average molecular weight is 497 g/mol. The van der Waals surface area contributed by atoms with Crippen molar-refractivity contribution < 1.29 is 30.3 Å². The van der Waals surface area contributed by atoms with E-state index in [1.54, 1.807) is 0 Å². The molecule has 0 unspecified atom stereocenters. The van der Waals surface area contributed by atoms with Gasteiger partial charge < -0.3 is 30.3 Å². The third kappa shape index (κ3) is 3.92. The summed E-state index contributed by atoms with van der Waals surface area (Å²) in [6, 6.07) is 14.3. The number of rotatable bonds is 4. The Bertz CT molecular complexity index is 881. The lowest BCUT2D eigenvalue weighted by molar-refractivity contribution is -0.357. The first-order valence-electron chi connectivity index (χ1n) is 8.63. The van der Waals surface area contributed by atoms with E-state index in [4.69, 9.17) is 4.74 Å². The van der Waals surface area contributed by atoms with Crippen LogP contribution in [-0.4, -0.2) is 56.6 Å². The highest BCUT2D eigenvalue weighted by molar-refractivity contribution is 14.1. The van der Waals surface area contributed by atoms with E-state index in [9.17, 15) is 30.8 Å². The second-order valence-corrected chi connectivity index (χ2v) is 7.99. The van der Waals surface area contributed by atoms with Crippen LogP contribution >= 0.6 is 22.6 Å². The lowest BCUT2D eigenvalue weighted by Gasteiger charge is -2.45. The second kappa shape index (κ2) is 8.42. The van der Waals surface area contributed by atoms with Gasteiger partial charge in [0, 0.05) is 9.13 Å². The molecule has 7 nitrogen and oxygen atoms in total. The minimum Gasteiger partial charge on any atom is -0.394 e. The van der Waals surface area contributed by atoms with Gasteiger partial charge in [0.2, 0.25) is 5.79 Å². The molecule has 5 atom stereocenters. The van der Waals surface area contributed by atoms with Crippen molar-refractivity contribution in [3.63, 3.8) is 0 Å². The van der Waals surface area contributed by atoms with Crippen molar-refractivity contribution >= 4 is 22.6 Å². The molecule has 2 aromatic carbocycles. The highest BCUT2D eigenvalue weighted by Crippen LogP contribution is 2.37.